The van der Waals surface area contributed by atoms with Gasteiger partial charge in [-0.2, -0.15) is 17.5 Å². The third-order valence-corrected chi connectivity index (χ3v) is 6.73. The topological polar surface area (TPSA) is 75.7 Å². The average Bonchev–Trinajstić information content (AvgIpc) is 2.73. The Kier molecular flexibility index (Phi) is 6.37. The number of carbonyl (C=O) groups is 1. The highest BCUT2D eigenvalue weighted by Gasteiger charge is 2.31. The molecular weight excluding hydrogens is 421 g/mol. The van der Waals surface area contributed by atoms with Crippen molar-refractivity contribution < 1.29 is 31.1 Å². The lowest BCUT2D eigenvalue weighted by Gasteiger charge is -2.26. The molecule has 1 aliphatic rings. The lowest BCUT2D eigenvalue weighted by molar-refractivity contribution is -0.137. The molecule has 1 amide bonds. The largest absolute Gasteiger partial charge is 0.495 e. The van der Waals surface area contributed by atoms with Crippen LogP contribution >= 0.6 is 0 Å². The van der Waals surface area contributed by atoms with Gasteiger partial charge in [-0.05, 0) is 49.2 Å². The van der Waals surface area contributed by atoms with Crippen molar-refractivity contribution in [2.24, 2.45) is 0 Å². The second-order valence-electron chi connectivity index (χ2n) is 6.86. The van der Waals surface area contributed by atoms with E-state index in [0.717, 1.165) is 31.4 Å². The van der Waals surface area contributed by atoms with Crippen molar-refractivity contribution in [3.05, 3.63) is 53.6 Å². The smallest absolute Gasteiger partial charge is 0.416 e. The number of carbonyl (C=O) groups excluding carboxylic acids is 1. The van der Waals surface area contributed by atoms with Gasteiger partial charge in [0.05, 0.1) is 12.7 Å². The first-order valence-corrected chi connectivity index (χ1v) is 10.7. The first kappa shape index (κ1) is 22.1. The molecule has 0 spiro atoms. The first-order valence-electron chi connectivity index (χ1n) is 9.30. The van der Waals surface area contributed by atoms with E-state index < -0.39 is 27.7 Å². The van der Waals surface area contributed by atoms with Crippen molar-refractivity contribution in [2.75, 3.05) is 25.5 Å². The van der Waals surface area contributed by atoms with E-state index in [4.69, 9.17) is 4.74 Å². The Morgan fingerprint density at radius 2 is 1.77 bits per heavy atom. The summed E-state index contributed by atoms with van der Waals surface area (Å²) in [6.07, 6.45) is -2.10. The number of nitrogens with one attached hydrogen (secondary N) is 1. The Morgan fingerprint density at radius 1 is 1.07 bits per heavy atom. The number of sulfonamides is 1. The summed E-state index contributed by atoms with van der Waals surface area (Å²) in [5.41, 5.74) is -0.960. The van der Waals surface area contributed by atoms with E-state index in [2.05, 4.69) is 5.32 Å². The molecule has 1 N–H and O–H groups in total. The summed E-state index contributed by atoms with van der Waals surface area (Å²) in [5.74, 6) is -0.636. The predicted molar refractivity (Wildman–Crippen MR) is 105 cm³/mol. The van der Waals surface area contributed by atoms with Crippen LogP contribution in [0.25, 0.3) is 0 Å². The third-order valence-electron chi connectivity index (χ3n) is 4.81. The van der Waals surface area contributed by atoms with Crippen LogP contribution in [0.5, 0.6) is 5.75 Å². The Balaban J connectivity index is 1.90. The number of rotatable bonds is 5. The Hall–Kier alpha value is -2.59. The second kappa shape index (κ2) is 8.65. The van der Waals surface area contributed by atoms with E-state index in [0.29, 0.717) is 13.1 Å². The number of nitrogens with zero attached hydrogens (tertiary/aromatic N) is 1. The summed E-state index contributed by atoms with van der Waals surface area (Å²) in [6.45, 7) is 0.762. The molecule has 1 fully saturated rings. The van der Waals surface area contributed by atoms with Crippen molar-refractivity contribution in [3.8, 4) is 5.75 Å². The molecule has 0 radical (unpaired) electrons. The number of benzene rings is 2. The third kappa shape index (κ3) is 4.76. The molecule has 0 saturated carbocycles. The number of ether oxygens (including phenoxy) is 1. The van der Waals surface area contributed by atoms with Gasteiger partial charge in [-0.3, -0.25) is 4.79 Å². The lowest BCUT2D eigenvalue weighted by atomic mass is 10.1. The van der Waals surface area contributed by atoms with Crippen molar-refractivity contribution in [1.29, 1.82) is 0 Å². The van der Waals surface area contributed by atoms with Gasteiger partial charge in [0, 0.05) is 24.3 Å². The van der Waals surface area contributed by atoms with Crippen LogP contribution < -0.4 is 10.1 Å². The molecule has 1 aliphatic heterocycles. The zero-order valence-electron chi connectivity index (χ0n) is 16.2. The minimum atomic E-state index is -4.55. The van der Waals surface area contributed by atoms with Crippen LogP contribution in [0.3, 0.4) is 0 Å². The van der Waals surface area contributed by atoms with Crippen LogP contribution in [0.4, 0.5) is 18.9 Å². The summed E-state index contributed by atoms with van der Waals surface area (Å²) in [7, 11) is -2.55. The van der Waals surface area contributed by atoms with Gasteiger partial charge in [0.25, 0.3) is 5.91 Å². The fraction of sp³-hybridized carbons (Fsp3) is 0.350. The van der Waals surface area contributed by atoms with Crippen molar-refractivity contribution >= 4 is 21.6 Å². The average molecular weight is 442 g/mol. The lowest BCUT2D eigenvalue weighted by Crippen LogP contribution is -2.35. The number of amides is 1. The Bertz CT molecular complexity index is 1030. The van der Waals surface area contributed by atoms with E-state index in [-0.39, 0.29) is 21.9 Å². The highest BCUT2D eigenvalue weighted by Crippen LogP contribution is 2.32. The predicted octanol–water partition coefficient (Wildman–Crippen LogP) is 4.14. The monoisotopic (exact) mass is 442 g/mol. The molecule has 1 saturated heterocycles. The van der Waals surface area contributed by atoms with Gasteiger partial charge in [-0.1, -0.05) is 12.5 Å². The zero-order chi connectivity index (χ0) is 21.9. The van der Waals surface area contributed by atoms with Crippen molar-refractivity contribution in [1.82, 2.24) is 4.31 Å². The molecule has 30 heavy (non-hydrogen) atoms. The zero-order valence-corrected chi connectivity index (χ0v) is 17.0. The van der Waals surface area contributed by atoms with E-state index in [1.54, 1.807) is 0 Å². The van der Waals surface area contributed by atoms with Gasteiger partial charge in [0.2, 0.25) is 10.0 Å². The van der Waals surface area contributed by atoms with Gasteiger partial charge in [0.1, 0.15) is 10.6 Å². The maximum Gasteiger partial charge on any atom is 0.416 e. The SMILES string of the molecule is COc1ccc(C(=O)Nc2cccc(C(F)(F)F)c2)cc1S(=O)(=O)N1CCCCC1. The molecule has 1 heterocycles. The molecule has 0 bridgehead atoms. The van der Waals surface area contributed by atoms with Crippen LogP contribution in [0, 0.1) is 0 Å². The number of alkyl halides is 3. The first-order chi connectivity index (χ1) is 14.1. The molecule has 3 rings (SSSR count). The van der Waals surface area contributed by atoms with Crippen LogP contribution in [-0.4, -0.2) is 38.8 Å². The summed E-state index contributed by atoms with van der Waals surface area (Å²) in [6, 6.07) is 8.11. The van der Waals surface area contributed by atoms with Gasteiger partial charge < -0.3 is 10.1 Å². The van der Waals surface area contributed by atoms with Gasteiger partial charge in [-0.15, -0.1) is 0 Å². The van der Waals surface area contributed by atoms with Crippen LogP contribution in [0.1, 0.15) is 35.2 Å². The number of anilines is 1. The number of hydrogen-bond acceptors (Lipinski definition) is 4. The normalized spacial score (nSPS) is 15.6. The van der Waals surface area contributed by atoms with E-state index in [9.17, 15) is 26.4 Å². The van der Waals surface area contributed by atoms with Gasteiger partial charge in [-0.25, -0.2) is 8.42 Å². The molecule has 10 heteroatoms. The summed E-state index contributed by atoms with van der Waals surface area (Å²) >= 11 is 0. The van der Waals surface area contributed by atoms with E-state index in [1.165, 1.54) is 41.7 Å². The molecule has 162 valence electrons. The molecule has 0 atom stereocenters. The molecule has 0 aliphatic carbocycles. The maximum absolute atomic E-state index is 13.0. The summed E-state index contributed by atoms with van der Waals surface area (Å²) in [5, 5.41) is 2.38. The van der Waals surface area contributed by atoms with Gasteiger partial charge >= 0.3 is 6.18 Å². The minimum absolute atomic E-state index is 0.0104. The fourth-order valence-electron chi connectivity index (χ4n) is 3.24. The molecular formula is C20H21F3N2O4S. The second-order valence-corrected chi connectivity index (χ2v) is 8.77. The molecule has 6 nitrogen and oxygen atoms in total. The highest BCUT2D eigenvalue weighted by atomic mass is 32.2. The maximum atomic E-state index is 13.0. The summed E-state index contributed by atoms with van der Waals surface area (Å²) < 4.78 is 71.2. The minimum Gasteiger partial charge on any atom is -0.495 e. The van der Waals surface area contributed by atoms with Crippen molar-refractivity contribution in [2.45, 2.75) is 30.3 Å². The van der Waals surface area contributed by atoms with Crippen LogP contribution in [0.15, 0.2) is 47.4 Å². The highest BCUT2D eigenvalue weighted by molar-refractivity contribution is 7.89. The van der Waals surface area contributed by atoms with Crippen LogP contribution in [0.2, 0.25) is 0 Å². The van der Waals surface area contributed by atoms with Crippen molar-refractivity contribution in [3.63, 3.8) is 0 Å². The standard InChI is InChI=1S/C20H21F3N2O4S/c1-29-17-9-8-14(12-18(17)30(27,28)25-10-3-2-4-11-25)19(26)24-16-7-5-6-15(13-16)20(21,22)23/h5-9,12-13H,2-4,10-11H2,1H3,(H,24,26). The Labute approximate surface area is 172 Å². The number of methoxy groups -OCH3 is 1. The van der Waals surface area contributed by atoms with E-state index >= 15 is 0 Å². The molecule has 2 aromatic carbocycles. The fourth-order valence-corrected chi connectivity index (χ4v) is 4.94. The molecule has 0 unspecified atom stereocenters. The quantitative estimate of drug-likeness (QED) is 0.755. The number of piperidine rings is 1. The van der Waals surface area contributed by atoms with E-state index in [1.807, 2.05) is 0 Å². The number of hydrogen-bond donors (Lipinski definition) is 1. The molecule has 2 aromatic rings. The van der Waals surface area contributed by atoms with Gasteiger partial charge in [0.15, 0.2) is 0 Å². The molecule has 0 aromatic heterocycles. The van der Waals surface area contributed by atoms with Crippen LogP contribution in [-0.2, 0) is 16.2 Å². The number of halogens is 3. The Morgan fingerprint density at radius 3 is 2.40 bits per heavy atom. The summed E-state index contributed by atoms with van der Waals surface area (Å²) in [4.78, 5) is 12.4.